The molecule has 2 heterocycles. The third-order valence-corrected chi connectivity index (χ3v) is 6.13. The van der Waals surface area contributed by atoms with Crippen LogP contribution < -0.4 is 15.9 Å². The van der Waals surface area contributed by atoms with Crippen molar-refractivity contribution in [3.63, 3.8) is 0 Å². The molecule has 1 amide bonds. The lowest BCUT2D eigenvalue weighted by Gasteiger charge is -2.34. The second-order valence-corrected chi connectivity index (χ2v) is 8.33. The van der Waals surface area contributed by atoms with Crippen LogP contribution in [0.3, 0.4) is 0 Å². The number of nitrogens with one attached hydrogen (secondary N) is 1. The average molecular weight is 431 g/mol. The summed E-state index contributed by atoms with van der Waals surface area (Å²) in [7, 11) is 0. The zero-order chi connectivity index (χ0) is 21.4. The van der Waals surface area contributed by atoms with Crippen molar-refractivity contribution in [1.29, 1.82) is 0 Å². The van der Waals surface area contributed by atoms with Crippen LogP contribution in [0.2, 0.25) is 0 Å². The minimum Gasteiger partial charge on any atom is -0.298 e. The fourth-order valence-electron chi connectivity index (χ4n) is 3.61. The van der Waals surface area contributed by atoms with Crippen molar-refractivity contribution in [3.8, 4) is 0 Å². The summed E-state index contributed by atoms with van der Waals surface area (Å²) in [6.07, 6.45) is -0.458. The number of benzene rings is 3. The molecule has 1 unspecified atom stereocenters. The highest BCUT2D eigenvalue weighted by atomic mass is 32.2. The number of rotatable bonds is 3. The molecule has 0 aliphatic carbocycles. The van der Waals surface area contributed by atoms with E-state index in [2.05, 4.69) is 5.32 Å². The zero-order valence-electron chi connectivity index (χ0n) is 16.7. The number of carbonyl (C=O) groups is 1. The molecule has 31 heavy (non-hydrogen) atoms. The first-order valence-electron chi connectivity index (χ1n) is 9.89. The molecule has 5 nitrogen and oxygen atoms in total. The predicted molar refractivity (Wildman–Crippen MR) is 120 cm³/mol. The van der Waals surface area contributed by atoms with Gasteiger partial charge in [0.1, 0.15) is 11.5 Å². The van der Waals surface area contributed by atoms with Gasteiger partial charge in [0.2, 0.25) is 0 Å². The second-order valence-electron chi connectivity index (χ2n) is 7.36. The van der Waals surface area contributed by atoms with Gasteiger partial charge >= 0.3 is 0 Å². The molecule has 0 spiro atoms. The number of hydrogen-bond acceptors (Lipinski definition) is 5. The van der Waals surface area contributed by atoms with Gasteiger partial charge in [-0.3, -0.25) is 15.1 Å². The SMILES string of the molecule is Cc1ccc(C2N=c3ccccc3=C3C(=O)NC(SCc4ccccc4F)=NN32)cc1. The number of halogens is 1. The number of hydrogen-bond donors (Lipinski definition) is 1. The van der Waals surface area contributed by atoms with Gasteiger partial charge in [0.15, 0.2) is 11.3 Å². The van der Waals surface area contributed by atoms with Crippen LogP contribution in [-0.4, -0.2) is 16.1 Å². The predicted octanol–water partition coefficient (Wildman–Crippen LogP) is 3.21. The lowest BCUT2D eigenvalue weighted by molar-refractivity contribution is -0.116. The van der Waals surface area contributed by atoms with E-state index < -0.39 is 6.17 Å². The maximum Gasteiger partial charge on any atom is 0.276 e. The standard InChI is InChI=1S/C24H19FN4OS/c1-15-10-12-16(13-11-15)22-26-20-9-5-3-7-18(20)21-23(30)27-24(28-29(21)22)31-14-17-6-2-4-8-19(17)25/h2-13,22H,14H2,1H3,(H,27,28,30). The number of carbonyl (C=O) groups excluding carboxylic acids is 1. The monoisotopic (exact) mass is 430 g/mol. The Hall–Kier alpha value is -3.45. The second kappa shape index (κ2) is 8.00. The van der Waals surface area contributed by atoms with E-state index in [0.29, 0.717) is 22.2 Å². The van der Waals surface area contributed by atoms with Crippen LogP contribution in [-0.2, 0) is 10.5 Å². The van der Waals surface area contributed by atoms with Crippen LogP contribution in [0, 0.1) is 12.7 Å². The van der Waals surface area contributed by atoms with Gasteiger partial charge in [0.25, 0.3) is 5.91 Å². The first-order valence-corrected chi connectivity index (χ1v) is 10.9. The van der Waals surface area contributed by atoms with E-state index in [9.17, 15) is 9.18 Å². The summed E-state index contributed by atoms with van der Waals surface area (Å²) in [6, 6.07) is 22.2. The van der Waals surface area contributed by atoms with Gasteiger partial charge in [-0.05, 0) is 30.2 Å². The molecule has 2 aliphatic heterocycles. The van der Waals surface area contributed by atoms with Gasteiger partial charge in [-0.1, -0.05) is 78.0 Å². The Bertz CT molecular complexity index is 1320. The number of amidine groups is 1. The third-order valence-electron chi connectivity index (χ3n) is 5.21. The zero-order valence-corrected chi connectivity index (χ0v) is 17.6. The van der Waals surface area contributed by atoms with E-state index in [-0.39, 0.29) is 11.7 Å². The van der Waals surface area contributed by atoms with E-state index in [1.54, 1.807) is 23.2 Å². The van der Waals surface area contributed by atoms with Gasteiger partial charge in [0.05, 0.1) is 5.36 Å². The molecule has 0 aromatic heterocycles. The highest BCUT2D eigenvalue weighted by Crippen LogP contribution is 2.31. The van der Waals surface area contributed by atoms with Crippen LogP contribution in [0.25, 0.3) is 5.70 Å². The van der Waals surface area contributed by atoms with Crippen LogP contribution >= 0.6 is 11.8 Å². The molecule has 1 atom stereocenters. The molecule has 154 valence electrons. The lowest BCUT2D eigenvalue weighted by atomic mass is 10.1. The topological polar surface area (TPSA) is 57.1 Å². The summed E-state index contributed by atoms with van der Waals surface area (Å²) in [6.45, 7) is 2.03. The van der Waals surface area contributed by atoms with Gasteiger partial charge in [-0.2, -0.15) is 0 Å². The Balaban J connectivity index is 1.56. The van der Waals surface area contributed by atoms with Gasteiger partial charge in [-0.25, -0.2) is 9.40 Å². The number of aryl methyl sites for hydroxylation is 1. The number of nitrogens with zero attached hydrogens (tertiary/aromatic N) is 3. The van der Waals surface area contributed by atoms with Crippen LogP contribution in [0.15, 0.2) is 82.9 Å². The normalized spacial score (nSPS) is 17.3. The van der Waals surface area contributed by atoms with Crippen LogP contribution in [0.4, 0.5) is 4.39 Å². The third kappa shape index (κ3) is 3.72. The molecule has 0 saturated heterocycles. The average Bonchev–Trinajstić information content (AvgIpc) is 2.78. The summed E-state index contributed by atoms with van der Waals surface area (Å²) in [5.74, 6) is -0.160. The molecular formula is C24H19FN4OS. The van der Waals surface area contributed by atoms with E-state index >= 15 is 0 Å². The molecule has 0 bridgehead atoms. The molecule has 5 rings (SSSR count). The smallest absolute Gasteiger partial charge is 0.276 e. The molecule has 0 fully saturated rings. The lowest BCUT2D eigenvalue weighted by Crippen LogP contribution is -2.50. The maximum absolute atomic E-state index is 14.0. The number of para-hydroxylation sites is 1. The number of hydrazone groups is 1. The van der Waals surface area contributed by atoms with E-state index in [1.807, 2.05) is 55.5 Å². The molecule has 0 radical (unpaired) electrons. The molecule has 3 aromatic rings. The van der Waals surface area contributed by atoms with Crippen molar-refractivity contribution in [2.24, 2.45) is 10.1 Å². The molecule has 7 heteroatoms. The quantitative estimate of drug-likeness (QED) is 0.694. The first kappa shape index (κ1) is 19.5. The van der Waals surface area contributed by atoms with Crippen LogP contribution in [0.5, 0.6) is 0 Å². The van der Waals surface area contributed by atoms with Crippen molar-refractivity contribution in [2.75, 3.05) is 0 Å². The van der Waals surface area contributed by atoms with Crippen LogP contribution in [0.1, 0.15) is 22.9 Å². The summed E-state index contributed by atoms with van der Waals surface area (Å²) < 4.78 is 14.0. The molecule has 1 N–H and O–H groups in total. The number of thioether (sulfide) groups is 1. The Morgan fingerprint density at radius 1 is 1.03 bits per heavy atom. The fraction of sp³-hybridized carbons (Fsp3) is 0.125. The van der Waals surface area contributed by atoms with Gasteiger partial charge in [0, 0.05) is 11.0 Å². The fourth-order valence-corrected chi connectivity index (χ4v) is 4.45. The van der Waals surface area contributed by atoms with Gasteiger partial charge in [-0.15, -0.1) is 5.10 Å². The molecule has 0 saturated carbocycles. The summed E-state index contributed by atoms with van der Waals surface area (Å²) in [5, 5.41) is 11.2. The van der Waals surface area contributed by atoms with Gasteiger partial charge < -0.3 is 0 Å². The minimum absolute atomic E-state index is 0.245. The van der Waals surface area contributed by atoms with Crippen molar-refractivity contribution in [1.82, 2.24) is 10.3 Å². The van der Waals surface area contributed by atoms with Crippen molar-refractivity contribution in [2.45, 2.75) is 18.8 Å². The first-order chi connectivity index (χ1) is 15.1. The Morgan fingerprint density at radius 2 is 1.77 bits per heavy atom. The summed E-state index contributed by atoms with van der Waals surface area (Å²) >= 11 is 1.29. The van der Waals surface area contributed by atoms with E-state index in [0.717, 1.165) is 21.7 Å². The van der Waals surface area contributed by atoms with E-state index in [4.69, 9.17) is 10.1 Å². The number of amides is 1. The minimum atomic E-state index is -0.458. The molecule has 2 aliphatic rings. The van der Waals surface area contributed by atoms with Crippen molar-refractivity contribution in [3.05, 3.63) is 106 Å². The summed E-state index contributed by atoms with van der Waals surface area (Å²) in [5.41, 5.74) is 3.11. The highest BCUT2D eigenvalue weighted by Gasteiger charge is 2.34. The Labute approximate surface area is 183 Å². The largest absolute Gasteiger partial charge is 0.298 e. The Morgan fingerprint density at radius 3 is 2.58 bits per heavy atom. The molecule has 3 aromatic carbocycles. The molecular weight excluding hydrogens is 411 g/mol. The highest BCUT2D eigenvalue weighted by molar-refractivity contribution is 8.13. The number of fused-ring (bicyclic) bond motifs is 2. The summed E-state index contributed by atoms with van der Waals surface area (Å²) in [4.78, 5) is 18.0. The Kier molecular flexibility index (Phi) is 5.03. The van der Waals surface area contributed by atoms with Crippen molar-refractivity contribution >= 4 is 28.5 Å². The maximum atomic E-state index is 14.0. The van der Waals surface area contributed by atoms with E-state index in [1.165, 1.54) is 17.8 Å². The van der Waals surface area contributed by atoms with Crippen molar-refractivity contribution < 1.29 is 9.18 Å².